The van der Waals surface area contributed by atoms with E-state index in [0.29, 0.717) is 36.9 Å². The van der Waals surface area contributed by atoms with Crippen LogP contribution in [-0.4, -0.2) is 31.4 Å². The van der Waals surface area contributed by atoms with Gasteiger partial charge in [0.15, 0.2) is 6.33 Å². The van der Waals surface area contributed by atoms with Crippen LogP contribution in [0.5, 0.6) is 0 Å². The van der Waals surface area contributed by atoms with Crippen LogP contribution in [0.15, 0.2) is 10.9 Å². The van der Waals surface area contributed by atoms with Crippen LogP contribution in [0.3, 0.4) is 0 Å². The largest absolute Gasteiger partial charge is 0.364 e. The van der Waals surface area contributed by atoms with Crippen molar-refractivity contribution in [3.05, 3.63) is 28.0 Å². The minimum Gasteiger partial charge on any atom is -0.364 e. The third-order valence-corrected chi connectivity index (χ3v) is 2.62. The van der Waals surface area contributed by atoms with E-state index in [0.717, 1.165) is 0 Å². The maximum atomic E-state index is 11.0. The van der Waals surface area contributed by atoms with Crippen LogP contribution in [0.25, 0.3) is 0 Å². The number of nitrogens with one attached hydrogen (secondary N) is 1. The summed E-state index contributed by atoms with van der Waals surface area (Å²) in [6, 6.07) is 0. The first-order chi connectivity index (χ1) is 9.13. The van der Waals surface area contributed by atoms with Gasteiger partial charge < -0.3 is 9.84 Å². The zero-order chi connectivity index (χ0) is 13.8. The lowest BCUT2D eigenvalue weighted by molar-refractivity contribution is -0.384. The topological polar surface area (TPSA) is 112 Å². The van der Waals surface area contributed by atoms with Crippen molar-refractivity contribution in [1.29, 1.82) is 0 Å². The van der Waals surface area contributed by atoms with Gasteiger partial charge in [-0.2, -0.15) is 10.1 Å². The molecule has 0 aliphatic carbocycles. The molecule has 0 atom stereocenters. The lowest BCUT2D eigenvalue weighted by Crippen LogP contribution is -2.11. The van der Waals surface area contributed by atoms with E-state index in [1.54, 1.807) is 11.6 Å². The smallest absolute Gasteiger partial charge is 0.333 e. The normalized spacial score (nSPS) is 10.6. The number of nitro groups is 1. The van der Waals surface area contributed by atoms with Crippen molar-refractivity contribution >= 4 is 11.5 Å². The van der Waals surface area contributed by atoms with Gasteiger partial charge in [0.1, 0.15) is 5.69 Å². The Kier molecular flexibility index (Phi) is 3.74. The maximum absolute atomic E-state index is 11.0. The first kappa shape index (κ1) is 13.0. The summed E-state index contributed by atoms with van der Waals surface area (Å²) in [6.07, 6.45) is 1.81. The van der Waals surface area contributed by atoms with Crippen molar-refractivity contribution in [3.63, 3.8) is 0 Å². The molecule has 0 unspecified atom stereocenters. The monoisotopic (exact) mass is 266 g/mol. The van der Waals surface area contributed by atoms with Crippen molar-refractivity contribution < 1.29 is 9.45 Å². The molecule has 19 heavy (non-hydrogen) atoms. The Morgan fingerprint density at radius 3 is 2.95 bits per heavy atom. The minimum atomic E-state index is -0.427. The summed E-state index contributed by atoms with van der Waals surface area (Å²) in [5.41, 5.74) is 0.402. The predicted octanol–water partition coefficient (Wildman–Crippen LogP) is 1.16. The van der Waals surface area contributed by atoms with E-state index in [2.05, 4.69) is 20.6 Å². The molecule has 0 aromatic carbocycles. The maximum Gasteiger partial charge on any atom is 0.333 e. The van der Waals surface area contributed by atoms with Crippen LogP contribution < -0.4 is 5.32 Å². The van der Waals surface area contributed by atoms with E-state index in [-0.39, 0.29) is 5.69 Å². The van der Waals surface area contributed by atoms with E-state index >= 15 is 0 Å². The molecule has 0 saturated carbocycles. The summed E-state index contributed by atoms with van der Waals surface area (Å²) in [6.45, 7) is 4.50. The van der Waals surface area contributed by atoms with Crippen LogP contribution in [0.1, 0.15) is 18.5 Å². The number of aryl methyl sites for hydroxylation is 2. The zero-order valence-electron chi connectivity index (χ0n) is 10.7. The first-order valence-electron chi connectivity index (χ1n) is 5.84. The van der Waals surface area contributed by atoms with E-state index in [1.807, 2.05) is 6.92 Å². The quantitative estimate of drug-likeness (QED) is 0.616. The third-order valence-electron chi connectivity index (χ3n) is 2.62. The van der Waals surface area contributed by atoms with Gasteiger partial charge in [0.05, 0.1) is 4.92 Å². The number of hydrogen-bond acceptors (Lipinski definition) is 7. The molecule has 2 aromatic rings. The molecule has 0 fully saturated rings. The molecule has 2 aromatic heterocycles. The average Bonchev–Trinajstić information content (AvgIpc) is 2.97. The van der Waals surface area contributed by atoms with Gasteiger partial charge in [0.25, 0.3) is 0 Å². The fourth-order valence-corrected chi connectivity index (χ4v) is 1.79. The highest BCUT2D eigenvalue weighted by molar-refractivity contribution is 5.59. The Bertz CT molecular complexity index is 562. The van der Waals surface area contributed by atoms with Crippen molar-refractivity contribution in [2.75, 3.05) is 11.9 Å². The molecule has 0 aliphatic heterocycles. The second-order valence-electron chi connectivity index (χ2n) is 3.87. The third kappa shape index (κ3) is 2.69. The second-order valence-corrected chi connectivity index (χ2v) is 3.87. The highest BCUT2D eigenvalue weighted by Crippen LogP contribution is 2.27. The summed E-state index contributed by atoms with van der Waals surface area (Å²) in [4.78, 5) is 14.5. The summed E-state index contributed by atoms with van der Waals surface area (Å²) in [5, 5.41) is 21.7. The van der Waals surface area contributed by atoms with Gasteiger partial charge in [-0.1, -0.05) is 5.16 Å². The summed E-state index contributed by atoms with van der Waals surface area (Å²) < 4.78 is 6.42. The highest BCUT2D eigenvalue weighted by atomic mass is 16.6. The molecule has 0 saturated heterocycles. The van der Waals surface area contributed by atoms with Crippen LogP contribution in [0, 0.1) is 17.0 Å². The standard InChI is InChI=1S/C10H14N6O3/c1-3-15-10(9(16(17)18)7(2)14-15)11-5-4-8-12-6-13-19-8/h6,11H,3-5H2,1-2H3. The van der Waals surface area contributed by atoms with Crippen molar-refractivity contribution in [1.82, 2.24) is 19.9 Å². The van der Waals surface area contributed by atoms with Gasteiger partial charge in [-0.25, -0.2) is 4.68 Å². The Morgan fingerprint density at radius 1 is 1.58 bits per heavy atom. The molecule has 0 amide bonds. The molecule has 2 rings (SSSR count). The Morgan fingerprint density at radius 2 is 2.37 bits per heavy atom. The van der Waals surface area contributed by atoms with Gasteiger partial charge in [0.2, 0.25) is 11.7 Å². The molecular weight excluding hydrogens is 252 g/mol. The van der Waals surface area contributed by atoms with Crippen molar-refractivity contribution in [2.24, 2.45) is 0 Å². The first-order valence-corrected chi connectivity index (χ1v) is 5.84. The lowest BCUT2D eigenvalue weighted by atomic mass is 10.3. The average molecular weight is 266 g/mol. The molecule has 2 heterocycles. The van der Waals surface area contributed by atoms with E-state index < -0.39 is 4.92 Å². The van der Waals surface area contributed by atoms with Crippen LogP contribution >= 0.6 is 0 Å². The molecule has 9 heteroatoms. The summed E-state index contributed by atoms with van der Waals surface area (Å²) >= 11 is 0. The van der Waals surface area contributed by atoms with Gasteiger partial charge in [-0.05, 0) is 13.8 Å². The van der Waals surface area contributed by atoms with Crippen LogP contribution in [-0.2, 0) is 13.0 Å². The molecular formula is C10H14N6O3. The number of hydrogen-bond donors (Lipinski definition) is 1. The zero-order valence-corrected chi connectivity index (χ0v) is 10.7. The highest BCUT2D eigenvalue weighted by Gasteiger charge is 2.24. The molecule has 0 radical (unpaired) electrons. The lowest BCUT2D eigenvalue weighted by Gasteiger charge is -2.05. The van der Waals surface area contributed by atoms with Gasteiger partial charge in [-0.15, -0.1) is 0 Å². The SMILES string of the molecule is CCn1nc(C)c([N+](=O)[O-])c1NCCc1ncno1. The number of aromatic nitrogens is 4. The Hall–Kier alpha value is -2.45. The number of anilines is 1. The molecule has 0 bridgehead atoms. The van der Waals surface area contributed by atoms with Gasteiger partial charge >= 0.3 is 5.69 Å². The Balaban J connectivity index is 2.12. The van der Waals surface area contributed by atoms with E-state index in [9.17, 15) is 10.1 Å². The van der Waals surface area contributed by atoms with Crippen LogP contribution in [0.4, 0.5) is 11.5 Å². The predicted molar refractivity (Wildman–Crippen MR) is 65.8 cm³/mol. The van der Waals surface area contributed by atoms with Gasteiger partial charge in [-0.3, -0.25) is 10.1 Å². The molecule has 102 valence electrons. The van der Waals surface area contributed by atoms with E-state index in [4.69, 9.17) is 4.52 Å². The fourth-order valence-electron chi connectivity index (χ4n) is 1.79. The molecule has 0 spiro atoms. The van der Waals surface area contributed by atoms with Crippen molar-refractivity contribution in [2.45, 2.75) is 26.8 Å². The number of nitrogens with zero attached hydrogens (tertiary/aromatic N) is 5. The van der Waals surface area contributed by atoms with Gasteiger partial charge in [0, 0.05) is 19.5 Å². The minimum absolute atomic E-state index is 0.00683. The fraction of sp³-hybridized carbons (Fsp3) is 0.500. The summed E-state index contributed by atoms with van der Waals surface area (Å²) in [7, 11) is 0. The summed E-state index contributed by atoms with van der Waals surface area (Å²) in [5.74, 6) is 0.888. The molecule has 1 N–H and O–H groups in total. The van der Waals surface area contributed by atoms with E-state index in [1.165, 1.54) is 6.33 Å². The Labute approximate surface area is 108 Å². The van der Waals surface area contributed by atoms with Crippen molar-refractivity contribution in [3.8, 4) is 0 Å². The van der Waals surface area contributed by atoms with Crippen LogP contribution in [0.2, 0.25) is 0 Å². The number of rotatable bonds is 6. The second kappa shape index (κ2) is 5.46. The molecule has 0 aliphatic rings. The molecule has 9 nitrogen and oxygen atoms in total.